The highest BCUT2D eigenvalue weighted by molar-refractivity contribution is 5.75. The van der Waals surface area contributed by atoms with Crippen molar-refractivity contribution in [2.45, 2.75) is 26.2 Å². The van der Waals surface area contributed by atoms with Gasteiger partial charge in [0.2, 0.25) is 11.8 Å². The number of carboxylic acids is 1. The Morgan fingerprint density at radius 1 is 1.63 bits per heavy atom. The van der Waals surface area contributed by atoms with Gasteiger partial charge in [0.15, 0.2) is 0 Å². The molecule has 0 radical (unpaired) electrons. The lowest BCUT2D eigenvalue weighted by atomic mass is 9.78. The third-order valence-electron chi connectivity index (χ3n) is 3.82. The fraction of sp³-hybridized carbons (Fsp3) is 0.615. The quantitative estimate of drug-likeness (QED) is 0.890. The van der Waals surface area contributed by atoms with Gasteiger partial charge in [0.1, 0.15) is 0 Å². The molecule has 0 bridgehead atoms. The van der Waals surface area contributed by atoms with Crippen molar-refractivity contribution >= 4 is 11.9 Å². The van der Waals surface area contributed by atoms with E-state index in [2.05, 4.69) is 9.97 Å². The second-order valence-corrected chi connectivity index (χ2v) is 4.86. The van der Waals surface area contributed by atoms with Crippen molar-refractivity contribution in [2.75, 3.05) is 25.1 Å². The van der Waals surface area contributed by atoms with E-state index in [-0.39, 0.29) is 0 Å². The maximum atomic E-state index is 11.5. The molecule has 1 saturated heterocycles. The number of hydrogen-bond donors (Lipinski definition) is 1. The second kappa shape index (κ2) is 5.42. The van der Waals surface area contributed by atoms with Crippen LogP contribution in [0, 0.1) is 5.41 Å². The third kappa shape index (κ3) is 2.62. The van der Waals surface area contributed by atoms with Crippen LogP contribution >= 0.6 is 0 Å². The van der Waals surface area contributed by atoms with Crippen molar-refractivity contribution in [3.63, 3.8) is 0 Å². The van der Waals surface area contributed by atoms with Gasteiger partial charge in [0.25, 0.3) is 0 Å². The molecule has 1 aromatic rings. The van der Waals surface area contributed by atoms with Crippen molar-refractivity contribution < 1.29 is 14.6 Å². The van der Waals surface area contributed by atoms with Crippen LogP contribution < -0.4 is 9.64 Å². The highest BCUT2D eigenvalue weighted by atomic mass is 16.5. The number of nitrogens with zero attached hydrogens (tertiary/aromatic N) is 3. The van der Waals surface area contributed by atoms with Gasteiger partial charge in [-0.2, -0.15) is 4.98 Å². The van der Waals surface area contributed by atoms with E-state index in [9.17, 15) is 9.90 Å². The van der Waals surface area contributed by atoms with Crippen LogP contribution in [0.4, 0.5) is 5.95 Å². The zero-order valence-corrected chi connectivity index (χ0v) is 11.3. The van der Waals surface area contributed by atoms with Crippen molar-refractivity contribution in [3.8, 4) is 5.88 Å². The van der Waals surface area contributed by atoms with E-state index >= 15 is 0 Å². The molecule has 0 spiro atoms. The molecule has 2 rings (SSSR count). The van der Waals surface area contributed by atoms with Crippen LogP contribution in [0.2, 0.25) is 0 Å². The monoisotopic (exact) mass is 265 g/mol. The van der Waals surface area contributed by atoms with E-state index in [4.69, 9.17) is 4.74 Å². The minimum absolute atomic E-state index is 0.450. The van der Waals surface area contributed by atoms with Crippen LogP contribution in [0.25, 0.3) is 0 Å². The summed E-state index contributed by atoms with van der Waals surface area (Å²) in [6, 6.07) is 1.68. The van der Waals surface area contributed by atoms with Crippen LogP contribution in [0.3, 0.4) is 0 Å². The summed E-state index contributed by atoms with van der Waals surface area (Å²) < 4.78 is 5.08. The first-order valence-electron chi connectivity index (χ1n) is 6.46. The first-order chi connectivity index (χ1) is 9.11. The number of rotatable bonds is 4. The summed E-state index contributed by atoms with van der Waals surface area (Å²) in [6.45, 7) is 3.15. The molecule has 2 heterocycles. The number of ether oxygens (including phenoxy) is 1. The Labute approximate surface area is 112 Å². The fourth-order valence-electron chi connectivity index (χ4n) is 2.52. The summed E-state index contributed by atoms with van der Waals surface area (Å²) >= 11 is 0. The molecule has 0 amide bonds. The number of aromatic nitrogens is 2. The highest BCUT2D eigenvalue weighted by Gasteiger charge is 2.41. The molecule has 1 aliphatic heterocycles. The number of carbonyl (C=O) groups is 1. The number of anilines is 1. The van der Waals surface area contributed by atoms with E-state index in [0.717, 1.165) is 13.0 Å². The molecular formula is C13H19N3O3. The number of carboxylic acid groups (broad SMARTS) is 1. The highest BCUT2D eigenvalue weighted by Crippen LogP contribution is 2.35. The Morgan fingerprint density at radius 2 is 2.42 bits per heavy atom. The summed E-state index contributed by atoms with van der Waals surface area (Å²) in [7, 11) is 1.55. The van der Waals surface area contributed by atoms with Crippen molar-refractivity contribution in [2.24, 2.45) is 5.41 Å². The predicted octanol–water partition coefficient (Wildman–Crippen LogP) is 1.57. The van der Waals surface area contributed by atoms with Crippen LogP contribution in [0.15, 0.2) is 12.3 Å². The van der Waals surface area contributed by atoms with E-state index < -0.39 is 11.4 Å². The summed E-state index contributed by atoms with van der Waals surface area (Å²) in [5, 5.41) is 9.46. The normalized spacial score (nSPS) is 23.2. The van der Waals surface area contributed by atoms with E-state index in [1.807, 2.05) is 11.8 Å². The van der Waals surface area contributed by atoms with Gasteiger partial charge in [0.05, 0.1) is 12.5 Å². The van der Waals surface area contributed by atoms with E-state index in [0.29, 0.717) is 31.2 Å². The van der Waals surface area contributed by atoms with E-state index in [1.165, 1.54) is 0 Å². The van der Waals surface area contributed by atoms with Gasteiger partial charge >= 0.3 is 5.97 Å². The molecule has 1 fully saturated rings. The molecule has 6 heteroatoms. The summed E-state index contributed by atoms with van der Waals surface area (Å²) in [5.41, 5.74) is -0.690. The average Bonchev–Trinajstić information content (AvgIpc) is 2.47. The number of hydrogen-bond acceptors (Lipinski definition) is 5. The third-order valence-corrected chi connectivity index (χ3v) is 3.82. The van der Waals surface area contributed by atoms with Crippen LogP contribution in [0.1, 0.15) is 26.2 Å². The molecule has 6 nitrogen and oxygen atoms in total. The fourth-order valence-corrected chi connectivity index (χ4v) is 2.52. The first-order valence-corrected chi connectivity index (χ1v) is 6.46. The molecule has 104 valence electrons. The average molecular weight is 265 g/mol. The van der Waals surface area contributed by atoms with Gasteiger partial charge in [-0.25, -0.2) is 4.98 Å². The Kier molecular flexibility index (Phi) is 3.87. The van der Waals surface area contributed by atoms with Gasteiger partial charge < -0.3 is 14.7 Å². The Morgan fingerprint density at radius 3 is 3.05 bits per heavy atom. The minimum Gasteiger partial charge on any atom is -0.481 e. The maximum Gasteiger partial charge on any atom is 0.311 e. The molecule has 0 aromatic carbocycles. The number of aliphatic carboxylic acids is 1. The summed E-state index contributed by atoms with van der Waals surface area (Å²) in [4.78, 5) is 21.9. The first kappa shape index (κ1) is 13.6. The summed E-state index contributed by atoms with van der Waals surface area (Å²) in [6.07, 6.45) is 3.78. The Hall–Kier alpha value is -1.85. The zero-order chi connectivity index (χ0) is 13.9. The lowest BCUT2D eigenvalue weighted by Crippen LogP contribution is -2.48. The lowest BCUT2D eigenvalue weighted by molar-refractivity contribution is -0.149. The van der Waals surface area contributed by atoms with Gasteiger partial charge in [0, 0.05) is 25.4 Å². The lowest BCUT2D eigenvalue weighted by Gasteiger charge is -2.39. The molecule has 1 atom stereocenters. The van der Waals surface area contributed by atoms with Gasteiger partial charge in [-0.15, -0.1) is 0 Å². The molecule has 1 aliphatic rings. The molecule has 0 aliphatic carbocycles. The molecule has 19 heavy (non-hydrogen) atoms. The zero-order valence-electron chi connectivity index (χ0n) is 11.3. The predicted molar refractivity (Wildman–Crippen MR) is 70.4 cm³/mol. The van der Waals surface area contributed by atoms with Gasteiger partial charge in [-0.05, 0) is 19.3 Å². The van der Waals surface area contributed by atoms with Gasteiger partial charge in [-0.3, -0.25) is 4.79 Å². The van der Waals surface area contributed by atoms with Crippen molar-refractivity contribution in [1.29, 1.82) is 0 Å². The summed E-state index contributed by atoms with van der Waals surface area (Å²) in [5.74, 6) is 0.300. The SMILES string of the molecule is CC[C@@]1(C(=O)O)CCCN(c2nccc(OC)n2)C1. The van der Waals surface area contributed by atoms with Crippen LogP contribution in [0.5, 0.6) is 5.88 Å². The Balaban J connectivity index is 2.23. The standard InChI is InChI=1S/C13H19N3O3/c1-3-13(11(17)18)6-4-8-16(9-13)12-14-7-5-10(15-12)19-2/h5,7H,3-4,6,8-9H2,1-2H3,(H,17,18)/t13-/m1/s1. The second-order valence-electron chi connectivity index (χ2n) is 4.86. The van der Waals surface area contributed by atoms with Crippen LogP contribution in [-0.2, 0) is 4.79 Å². The van der Waals surface area contributed by atoms with Crippen LogP contribution in [-0.4, -0.2) is 41.2 Å². The molecule has 1 aromatic heterocycles. The van der Waals surface area contributed by atoms with Crippen molar-refractivity contribution in [3.05, 3.63) is 12.3 Å². The Bertz CT molecular complexity index is 466. The van der Waals surface area contributed by atoms with Crippen molar-refractivity contribution in [1.82, 2.24) is 9.97 Å². The maximum absolute atomic E-state index is 11.5. The minimum atomic E-state index is -0.734. The molecular weight excluding hydrogens is 246 g/mol. The number of piperidine rings is 1. The molecule has 1 N–H and O–H groups in total. The smallest absolute Gasteiger partial charge is 0.311 e. The topological polar surface area (TPSA) is 75.5 Å². The number of methoxy groups -OCH3 is 1. The molecule has 0 unspecified atom stereocenters. The van der Waals surface area contributed by atoms with E-state index in [1.54, 1.807) is 19.4 Å². The largest absolute Gasteiger partial charge is 0.481 e. The molecule has 0 saturated carbocycles. The van der Waals surface area contributed by atoms with Gasteiger partial charge in [-0.1, -0.05) is 6.92 Å².